The normalized spacial score (nSPS) is 11.1. The molecule has 1 N–H and O–H groups in total. The van der Waals surface area contributed by atoms with Crippen molar-refractivity contribution in [3.63, 3.8) is 0 Å². The third kappa shape index (κ3) is 4.30. The number of carbonyl (C=O) groups excluding carboxylic acids is 1. The lowest BCUT2D eigenvalue weighted by atomic mass is 10.1. The van der Waals surface area contributed by atoms with Gasteiger partial charge in [0.1, 0.15) is 0 Å². The van der Waals surface area contributed by atoms with Gasteiger partial charge in [0.25, 0.3) is 5.91 Å². The van der Waals surface area contributed by atoms with E-state index in [0.717, 1.165) is 28.2 Å². The average molecular weight is 471 g/mol. The molecule has 1 amide bonds. The molecule has 0 fully saturated rings. The van der Waals surface area contributed by atoms with Gasteiger partial charge in [0.2, 0.25) is 0 Å². The number of hydrazone groups is 1. The molecule has 0 aliphatic carbocycles. The van der Waals surface area contributed by atoms with Crippen LogP contribution in [0.1, 0.15) is 38.4 Å². The molecular weight excluding hydrogens is 449 g/mol. The Kier molecular flexibility index (Phi) is 5.79. The highest BCUT2D eigenvalue weighted by atomic mass is 127. The number of halogens is 1. The number of nitrogens with one attached hydrogen (secondary N) is 1. The van der Waals surface area contributed by atoms with E-state index in [1.165, 1.54) is 9.13 Å². The fraction of sp³-hybridized carbons (Fsp3) is 0.182. The Morgan fingerprint density at radius 1 is 1.04 bits per heavy atom. The van der Waals surface area contributed by atoms with Crippen LogP contribution in [0.3, 0.4) is 0 Å². The number of nitrogens with zero attached hydrogens (tertiary/aromatic N) is 2. The van der Waals surface area contributed by atoms with Crippen LogP contribution in [-0.2, 0) is 0 Å². The predicted octanol–water partition coefficient (Wildman–Crippen LogP) is 5.08. The molecule has 0 saturated heterocycles. The second kappa shape index (κ2) is 8.08. The van der Waals surface area contributed by atoms with E-state index in [2.05, 4.69) is 82.7 Å². The summed E-state index contributed by atoms with van der Waals surface area (Å²) in [5, 5.41) is 4.14. The van der Waals surface area contributed by atoms with Crippen LogP contribution in [0, 0.1) is 31.3 Å². The van der Waals surface area contributed by atoms with Crippen molar-refractivity contribution in [2.75, 3.05) is 0 Å². The summed E-state index contributed by atoms with van der Waals surface area (Å²) in [5.74, 6) is -0.215. The zero-order valence-electron chi connectivity index (χ0n) is 15.9. The van der Waals surface area contributed by atoms with Crippen LogP contribution in [0.2, 0.25) is 0 Å². The van der Waals surface area contributed by atoms with Crippen LogP contribution in [-0.4, -0.2) is 16.7 Å². The standard InChI is InChI=1S/C22H22IN3O/c1-14-5-7-18(8-6-14)22(27)25-24-13-19-12-16(3)26(17(19)4)20-9-10-21(23)15(2)11-20/h5-13H,1-4H3,(H,25,27)/b24-13-. The van der Waals surface area contributed by atoms with Crippen molar-refractivity contribution in [1.29, 1.82) is 0 Å². The zero-order valence-corrected chi connectivity index (χ0v) is 18.0. The third-order valence-corrected chi connectivity index (χ3v) is 5.76. The van der Waals surface area contributed by atoms with Gasteiger partial charge < -0.3 is 4.57 Å². The lowest BCUT2D eigenvalue weighted by Crippen LogP contribution is -2.17. The first-order valence-electron chi connectivity index (χ1n) is 8.72. The van der Waals surface area contributed by atoms with Crippen molar-refractivity contribution in [1.82, 2.24) is 9.99 Å². The third-order valence-electron chi connectivity index (χ3n) is 4.55. The molecule has 1 heterocycles. The van der Waals surface area contributed by atoms with Crippen molar-refractivity contribution in [3.8, 4) is 5.69 Å². The Hall–Kier alpha value is -2.41. The Morgan fingerprint density at radius 3 is 2.41 bits per heavy atom. The van der Waals surface area contributed by atoms with Gasteiger partial charge in [0, 0.05) is 31.8 Å². The summed E-state index contributed by atoms with van der Waals surface area (Å²) in [7, 11) is 0. The maximum Gasteiger partial charge on any atom is 0.271 e. The summed E-state index contributed by atoms with van der Waals surface area (Å²) < 4.78 is 3.45. The van der Waals surface area contributed by atoms with E-state index in [9.17, 15) is 4.79 Å². The van der Waals surface area contributed by atoms with Gasteiger partial charge in [-0.2, -0.15) is 5.10 Å². The van der Waals surface area contributed by atoms with Gasteiger partial charge in [-0.25, -0.2) is 5.43 Å². The molecule has 4 nitrogen and oxygen atoms in total. The number of aryl methyl sites for hydroxylation is 3. The van der Waals surface area contributed by atoms with Gasteiger partial charge in [0.05, 0.1) is 6.21 Å². The maximum absolute atomic E-state index is 12.2. The second-order valence-corrected chi connectivity index (χ2v) is 7.82. The lowest BCUT2D eigenvalue weighted by molar-refractivity contribution is 0.0955. The van der Waals surface area contributed by atoms with Crippen molar-refractivity contribution in [3.05, 3.63) is 85.7 Å². The summed E-state index contributed by atoms with van der Waals surface area (Å²) in [6.45, 7) is 8.24. The molecular formula is C22H22IN3O. The zero-order chi connectivity index (χ0) is 19.6. The van der Waals surface area contributed by atoms with E-state index in [0.29, 0.717) is 5.56 Å². The number of benzene rings is 2. The van der Waals surface area contributed by atoms with Crippen LogP contribution >= 0.6 is 22.6 Å². The highest BCUT2D eigenvalue weighted by Crippen LogP contribution is 2.22. The fourth-order valence-electron chi connectivity index (χ4n) is 3.01. The molecule has 0 unspecified atom stereocenters. The molecule has 0 aliphatic heterocycles. The highest BCUT2D eigenvalue weighted by molar-refractivity contribution is 14.1. The van der Waals surface area contributed by atoms with E-state index in [-0.39, 0.29) is 5.91 Å². The molecule has 1 aromatic heterocycles. The minimum atomic E-state index is -0.215. The number of amides is 1. The Bertz CT molecular complexity index is 1020. The smallest absolute Gasteiger partial charge is 0.271 e. The van der Waals surface area contributed by atoms with E-state index in [1.54, 1.807) is 18.3 Å². The monoisotopic (exact) mass is 471 g/mol. The molecule has 138 valence electrons. The molecule has 3 aromatic rings. The molecule has 0 radical (unpaired) electrons. The molecule has 3 rings (SSSR count). The van der Waals surface area contributed by atoms with E-state index >= 15 is 0 Å². The number of hydrogen-bond acceptors (Lipinski definition) is 2. The summed E-state index contributed by atoms with van der Waals surface area (Å²) in [6.07, 6.45) is 1.70. The molecule has 27 heavy (non-hydrogen) atoms. The molecule has 0 saturated carbocycles. The molecule has 0 bridgehead atoms. The first-order chi connectivity index (χ1) is 12.9. The Balaban J connectivity index is 1.79. The number of rotatable bonds is 4. The summed E-state index contributed by atoms with van der Waals surface area (Å²) in [5.41, 5.74) is 9.88. The SMILES string of the molecule is Cc1ccc(C(=O)N/N=C\c2cc(C)n(-c3ccc(I)c(C)c3)c2C)cc1. The van der Waals surface area contributed by atoms with Crippen LogP contribution < -0.4 is 5.43 Å². The maximum atomic E-state index is 12.2. The summed E-state index contributed by atoms with van der Waals surface area (Å²) in [6, 6.07) is 15.9. The molecule has 0 aliphatic rings. The van der Waals surface area contributed by atoms with Crippen LogP contribution in [0.25, 0.3) is 5.69 Å². The number of hydrogen-bond donors (Lipinski definition) is 1. The Morgan fingerprint density at radius 2 is 1.74 bits per heavy atom. The average Bonchev–Trinajstić information content (AvgIpc) is 2.92. The number of carbonyl (C=O) groups is 1. The largest absolute Gasteiger partial charge is 0.318 e. The second-order valence-electron chi connectivity index (χ2n) is 6.66. The minimum Gasteiger partial charge on any atom is -0.318 e. The topological polar surface area (TPSA) is 46.4 Å². The summed E-state index contributed by atoms with van der Waals surface area (Å²) >= 11 is 2.34. The van der Waals surface area contributed by atoms with Crippen LogP contribution in [0.5, 0.6) is 0 Å². The molecule has 2 aromatic carbocycles. The van der Waals surface area contributed by atoms with E-state index in [1.807, 2.05) is 19.1 Å². The van der Waals surface area contributed by atoms with Gasteiger partial charge in [-0.1, -0.05) is 17.7 Å². The van der Waals surface area contributed by atoms with Gasteiger partial charge in [0.15, 0.2) is 0 Å². The van der Waals surface area contributed by atoms with E-state index in [4.69, 9.17) is 0 Å². The van der Waals surface area contributed by atoms with Crippen molar-refractivity contribution in [2.24, 2.45) is 5.10 Å². The fourth-order valence-corrected chi connectivity index (χ4v) is 3.35. The van der Waals surface area contributed by atoms with Crippen LogP contribution in [0.15, 0.2) is 53.6 Å². The number of aromatic nitrogens is 1. The van der Waals surface area contributed by atoms with Crippen molar-refractivity contribution < 1.29 is 4.79 Å². The molecule has 5 heteroatoms. The van der Waals surface area contributed by atoms with Gasteiger partial charge in [-0.3, -0.25) is 4.79 Å². The van der Waals surface area contributed by atoms with Crippen LogP contribution in [0.4, 0.5) is 0 Å². The summed E-state index contributed by atoms with van der Waals surface area (Å²) in [4.78, 5) is 12.2. The van der Waals surface area contributed by atoms with Gasteiger partial charge in [-0.05, 0) is 92.2 Å². The Labute approximate surface area is 173 Å². The van der Waals surface area contributed by atoms with Crippen molar-refractivity contribution >= 4 is 34.7 Å². The lowest BCUT2D eigenvalue weighted by Gasteiger charge is -2.11. The quantitative estimate of drug-likeness (QED) is 0.322. The van der Waals surface area contributed by atoms with Gasteiger partial charge >= 0.3 is 0 Å². The first kappa shape index (κ1) is 19.4. The molecule has 0 spiro atoms. The van der Waals surface area contributed by atoms with Crippen molar-refractivity contribution in [2.45, 2.75) is 27.7 Å². The van der Waals surface area contributed by atoms with Gasteiger partial charge in [-0.15, -0.1) is 0 Å². The molecule has 0 atom stereocenters. The van der Waals surface area contributed by atoms with E-state index < -0.39 is 0 Å². The predicted molar refractivity (Wildman–Crippen MR) is 119 cm³/mol. The highest BCUT2D eigenvalue weighted by Gasteiger charge is 2.10. The first-order valence-corrected chi connectivity index (χ1v) is 9.80. The minimum absolute atomic E-state index is 0.215.